The zero-order valence-electron chi connectivity index (χ0n) is 11.6. The summed E-state index contributed by atoms with van der Waals surface area (Å²) in [5.41, 5.74) is 1.45. The largest absolute Gasteiger partial charge is 0.317 e. The quantitative estimate of drug-likeness (QED) is 0.714. The predicted octanol–water partition coefficient (Wildman–Crippen LogP) is 4.03. The average molecular weight is 233 g/mol. The summed E-state index contributed by atoms with van der Waals surface area (Å²) in [5, 5.41) is 3.46. The molecule has 0 amide bonds. The minimum Gasteiger partial charge on any atom is -0.317 e. The second-order valence-corrected chi connectivity index (χ2v) is 5.14. The van der Waals surface area contributed by atoms with Crippen molar-refractivity contribution in [1.29, 1.82) is 0 Å². The van der Waals surface area contributed by atoms with Gasteiger partial charge in [0.25, 0.3) is 0 Å². The van der Waals surface area contributed by atoms with E-state index in [9.17, 15) is 0 Å². The van der Waals surface area contributed by atoms with Gasteiger partial charge in [0.15, 0.2) is 0 Å². The number of rotatable bonds is 8. The fourth-order valence-electron chi connectivity index (χ4n) is 2.46. The maximum atomic E-state index is 3.46. The maximum Gasteiger partial charge on any atom is 0.00697 e. The van der Waals surface area contributed by atoms with Crippen LogP contribution in [-0.4, -0.2) is 13.1 Å². The van der Waals surface area contributed by atoms with E-state index in [1.807, 2.05) is 0 Å². The molecule has 96 valence electrons. The van der Waals surface area contributed by atoms with E-state index in [0.717, 1.165) is 5.92 Å². The molecule has 0 aliphatic rings. The first-order valence-electron chi connectivity index (χ1n) is 6.97. The molecule has 0 aliphatic carbocycles. The van der Waals surface area contributed by atoms with Crippen molar-refractivity contribution in [3.8, 4) is 0 Å². The van der Waals surface area contributed by atoms with E-state index >= 15 is 0 Å². The fraction of sp³-hybridized carbons (Fsp3) is 0.625. The van der Waals surface area contributed by atoms with Crippen molar-refractivity contribution < 1.29 is 0 Å². The summed E-state index contributed by atoms with van der Waals surface area (Å²) >= 11 is 0. The molecule has 0 spiro atoms. The van der Waals surface area contributed by atoms with E-state index in [-0.39, 0.29) is 0 Å². The Balaban J connectivity index is 2.32. The molecule has 1 aromatic carbocycles. The van der Waals surface area contributed by atoms with Crippen LogP contribution in [0.2, 0.25) is 0 Å². The van der Waals surface area contributed by atoms with Crippen LogP contribution in [0, 0.1) is 5.92 Å². The standard InChI is InChI=1S/C16H27N/c1-4-8-14(2)13-16(17-3)12-11-15-9-6-5-7-10-15/h5-7,9-10,14,16-17H,4,8,11-13H2,1-3H3. The van der Waals surface area contributed by atoms with Gasteiger partial charge in [0.2, 0.25) is 0 Å². The van der Waals surface area contributed by atoms with Crippen LogP contribution >= 0.6 is 0 Å². The van der Waals surface area contributed by atoms with E-state index in [4.69, 9.17) is 0 Å². The SMILES string of the molecule is CCCC(C)CC(CCc1ccccc1)NC. The lowest BCUT2D eigenvalue weighted by molar-refractivity contribution is 0.384. The van der Waals surface area contributed by atoms with E-state index in [2.05, 4.69) is 56.5 Å². The molecule has 1 nitrogen and oxygen atoms in total. The molecule has 2 unspecified atom stereocenters. The number of aryl methyl sites for hydroxylation is 1. The molecular weight excluding hydrogens is 206 g/mol. The summed E-state index contributed by atoms with van der Waals surface area (Å²) in [6.45, 7) is 4.64. The zero-order valence-corrected chi connectivity index (χ0v) is 11.6. The van der Waals surface area contributed by atoms with Crippen LogP contribution in [0.5, 0.6) is 0 Å². The van der Waals surface area contributed by atoms with Crippen LogP contribution in [0.3, 0.4) is 0 Å². The Kier molecular flexibility index (Phi) is 6.95. The van der Waals surface area contributed by atoms with Crippen LogP contribution in [-0.2, 0) is 6.42 Å². The molecule has 0 fully saturated rings. The molecule has 0 bridgehead atoms. The van der Waals surface area contributed by atoms with E-state index in [0.29, 0.717) is 6.04 Å². The highest BCUT2D eigenvalue weighted by Gasteiger charge is 2.10. The van der Waals surface area contributed by atoms with Gasteiger partial charge in [-0.1, -0.05) is 57.0 Å². The Labute approximate surface area is 107 Å². The van der Waals surface area contributed by atoms with Crippen molar-refractivity contribution in [2.45, 2.75) is 52.0 Å². The summed E-state index contributed by atoms with van der Waals surface area (Å²) in [5.74, 6) is 0.841. The lowest BCUT2D eigenvalue weighted by atomic mass is 9.93. The number of benzene rings is 1. The third-order valence-corrected chi connectivity index (χ3v) is 3.50. The Morgan fingerprint density at radius 3 is 2.41 bits per heavy atom. The monoisotopic (exact) mass is 233 g/mol. The normalized spacial score (nSPS) is 14.5. The Bertz CT molecular complexity index is 281. The molecule has 1 N–H and O–H groups in total. The Morgan fingerprint density at radius 2 is 1.82 bits per heavy atom. The van der Waals surface area contributed by atoms with Crippen LogP contribution in [0.15, 0.2) is 30.3 Å². The molecule has 1 aromatic rings. The molecule has 1 heteroatoms. The van der Waals surface area contributed by atoms with E-state index in [1.54, 1.807) is 0 Å². The molecule has 17 heavy (non-hydrogen) atoms. The molecule has 1 rings (SSSR count). The molecule has 0 aromatic heterocycles. The smallest absolute Gasteiger partial charge is 0.00697 e. The summed E-state index contributed by atoms with van der Waals surface area (Å²) in [7, 11) is 2.09. The van der Waals surface area contributed by atoms with Gasteiger partial charge in [-0.15, -0.1) is 0 Å². The number of hydrogen-bond donors (Lipinski definition) is 1. The van der Waals surface area contributed by atoms with Gasteiger partial charge >= 0.3 is 0 Å². The van der Waals surface area contributed by atoms with Gasteiger partial charge in [-0.2, -0.15) is 0 Å². The van der Waals surface area contributed by atoms with Crippen LogP contribution in [0.1, 0.15) is 45.1 Å². The first-order chi connectivity index (χ1) is 8.26. The van der Waals surface area contributed by atoms with Gasteiger partial charge in [-0.25, -0.2) is 0 Å². The third kappa shape index (κ3) is 5.88. The van der Waals surface area contributed by atoms with Crippen molar-refractivity contribution in [2.75, 3.05) is 7.05 Å². The van der Waals surface area contributed by atoms with Crippen LogP contribution in [0.25, 0.3) is 0 Å². The number of hydrogen-bond acceptors (Lipinski definition) is 1. The van der Waals surface area contributed by atoms with Crippen molar-refractivity contribution in [1.82, 2.24) is 5.32 Å². The van der Waals surface area contributed by atoms with Crippen LogP contribution in [0.4, 0.5) is 0 Å². The van der Waals surface area contributed by atoms with Gasteiger partial charge in [0.1, 0.15) is 0 Å². The predicted molar refractivity (Wildman–Crippen MR) is 76.3 cm³/mol. The highest BCUT2D eigenvalue weighted by Crippen LogP contribution is 2.16. The van der Waals surface area contributed by atoms with Crippen molar-refractivity contribution in [2.24, 2.45) is 5.92 Å². The zero-order chi connectivity index (χ0) is 12.5. The van der Waals surface area contributed by atoms with Gasteiger partial charge < -0.3 is 5.32 Å². The lowest BCUT2D eigenvalue weighted by Gasteiger charge is -2.20. The van der Waals surface area contributed by atoms with Gasteiger partial charge in [0, 0.05) is 6.04 Å². The molecule has 2 atom stereocenters. The summed E-state index contributed by atoms with van der Waals surface area (Å²) in [6.07, 6.45) is 6.39. The van der Waals surface area contributed by atoms with E-state index in [1.165, 1.54) is 37.7 Å². The second-order valence-electron chi connectivity index (χ2n) is 5.14. The molecule has 0 saturated heterocycles. The van der Waals surface area contributed by atoms with E-state index < -0.39 is 0 Å². The molecule has 0 heterocycles. The minimum absolute atomic E-state index is 0.664. The van der Waals surface area contributed by atoms with Crippen molar-refractivity contribution >= 4 is 0 Å². The average Bonchev–Trinajstić information content (AvgIpc) is 2.36. The highest BCUT2D eigenvalue weighted by molar-refractivity contribution is 5.14. The van der Waals surface area contributed by atoms with Gasteiger partial charge in [-0.3, -0.25) is 0 Å². The highest BCUT2D eigenvalue weighted by atomic mass is 14.9. The van der Waals surface area contributed by atoms with Gasteiger partial charge in [0.05, 0.1) is 0 Å². The lowest BCUT2D eigenvalue weighted by Crippen LogP contribution is -2.27. The number of nitrogens with one attached hydrogen (secondary N) is 1. The summed E-state index contributed by atoms with van der Waals surface area (Å²) in [6, 6.07) is 11.5. The first kappa shape index (κ1) is 14.2. The van der Waals surface area contributed by atoms with Crippen molar-refractivity contribution in [3.05, 3.63) is 35.9 Å². The fourth-order valence-corrected chi connectivity index (χ4v) is 2.46. The van der Waals surface area contributed by atoms with Crippen LogP contribution < -0.4 is 5.32 Å². The van der Waals surface area contributed by atoms with Crippen molar-refractivity contribution in [3.63, 3.8) is 0 Å². The summed E-state index contributed by atoms with van der Waals surface area (Å²) < 4.78 is 0. The molecule has 0 radical (unpaired) electrons. The maximum absolute atomic E-state index is 3.46. The second kappa shape index (κ2) is 8.30. The Morgan fingerprint density at radius 1 is 1.12 bits per heavy atom. The third-order valence-electron chi connectivity index (χ3n) is 3.50. The molecule has 0 saturated carbocycles. The molecule has 0 aliphatic heterocycles. The minimum atomic E-state index is 0.664. The Hall–Kier alpha value is -0.820. The summed E-state index contributed by atoms with van der Waals surface area (Å²) in [4.78, 5) is 0. The topological polar surface area (TPSA) is 12.0 Å². The molecular formula is C16H27N. The van der Waals surface area contributed by atoms with Gasteiger partial charge in [-0.05, 0) is 37.8 Å². The first-order valence-corrected chi connectivity index (χ1v) is 6.97.